The average molecular weight is 323 g/mol. The summed E-state index contributed by atoms with van der Waals surface area (Å²) in [6.07, 6.45) is 0. The van der Waals surface area contributed by atoms with Crippen LogP contribution in [0.15, 0.2) is 23.1 Å². The highest BCUT2D eigenvalue weighted by Crippen LogP contribution is 2.27. The molecule has 0 aliphatic carbocycles. The van der Waals surface area contributed by atoms with Gasteiger partial charge in [-0.25, -0.2) is 12.8 Å². The summed E-state index contributed by atoms with van der Waals surface area (Å²) in [5, 5.41) is 11.7. The van der Waals surface area contributed by atoms with Crippen molar-refractivity contribution in [2.75, 3.05) is 19.6 Å². The number of hydrogen-bond donors (Lipinski definition) is 2. The van der Waals surface area contributed by atoms with E-state index in [1.165, 1.54) is 0 Å². The van der Waals surface area contributed by atoms with Crippen LogP contribution in [0.2, 0.25) is 5.02 Å². The molecule has 6 nitrogen and oxygen atoms in total. The normalized spacial score (nSPS) is 20.8. The molecule has 1 aliphatic heterocycles. The number of benzene rings is 1. The molecule has 20 heavy (non-hydrogen) atoms. The Kier molecular flexibility index (Phi) is 4.28. The van der Waals surface area contributed by atoms with Gasteiger partial charge in [-0.05, 0) is 18.2 Å². The van der Waals surface area contributed by atoms with Gasteiger partial charge in [-0.15, -0.1) is 0 Å². The number of nitrogens with one attached hydrogen (secondary N) is 1. The molecule has 1 heterocycles. The molecule has 1 aromatic rings. The number of carboxylic acids is 1. The molecule has 1 atom stereocenters. The molecule has 1 aliphatic rings. The van der Waals surface area contributed by atoms with Gasteiger partial charge in [-0.2, -0.15) is 4.31 Å². The van der Waals surface area contributed by atoms with Crippen LogP contribution in [0.25, 0.3) is 0 Å². The molecule has 1 aromatic carbocycles. The van der Waals surface area contributed by atoms with E-state index in [-0.39, 0.29) is 18.1 Å². The number of aliphatic carboxylic acids is 1. The number of carbonyl (C=O) groups is 1. The fourth-order valence-electron chi connectivity index (χ4n) is 1.99. The Balaban J connectivity index is 2.47. The van der Waals surface area contributed by atoms with Crippen LogP contribution in [0.3, 0.4) is 0 Å². The van der Waals surface area contributed by atoms with Crippen LogP contribution < -0.4 is 5.32 Å². The van der Waals surface area contributed by atoms with Crippen molar-refractivity contribution in [3.63, 3.8) is 0 Å². The van der Waals surface area contributed by atoms with Gasteiger partial charge >= 0.3 is 5.97 Å². The number of carboxylic acid groups (broad SMARTS) is 1. The van der Waals surface area contributed by atoms with Crippen molar-refractivity contribution in [2.45, 2.75) is 10.9 Å². The van der Waals surface area contributed by atoms with E-state index in [0.29, 0.717) is 6.54 Å². The molecule has 110 valence electrons. The standard InChI is InChI=1S/C11H12ClFN2O4S/c12-8-2-1-7(13)5-10(8)20(18,19)15-4-3-14-6-9(15)11(16)17/h1-2,5,9,14H,3-4,6H2,(H,16,17). The molecule has 0 radical (unpaired) electrons. The van der Waals surface area contributed by atoms with Crippen molar-refractivity contribution < 1.29 is 22.7 Å². The van der Waals surface area contributed by atoms with Gasteiger partial charge < -0.3 is 10.4 Å². The van der Waals surface area contributed by atoms with Gasteiger partial charge in [0.05, 0.1) is 5.02 Å². The Morgan fingerprint density at radius 2 is 2.20 bits per heavy atom. The molecule has 0 bridgehead atoms. The lowest BCUT2D eigenvalue weighted by molar-refractivity contribution is -0.141. The molecule has 0 saturated carbocycles. The van der Waals surface area contributed by atoms with Gasteiger partial charge in [-0.3, -0.25) is 4.79 Å². The van der Waals surface area contributed by atoms with Crippen LogP contribution in [0.4, 0.5) is 4.39 Å². The lowest BCUT2D eigenvalue weighted by atomic mass is 10.2. The average Bonchev–Trinajstić information content (AvgIpc) is 2.41. The summed E-state index contributed by atoms with van der Waals surface area (Å²) in [4.78, 5) is 10.7. The van der Waals surface area contributed by atoms with E-state index < -0.39 is 32.7 Å². The molecule has 0 amide bonds. The lowest BCUT2D eigenvalue weighted by Gasteiger charge is -2.32. The highest BCUT2D eigenvalue weighted by molar-refractivity contribution is 7.89. The zero-order valence-corrected chi connectivity index (χ0v) is 11.8. The second-order valence-corrected chi connectivity index (χ2v) is 6.51. The fraction of sp³-hybridized carbons (Fsp3) is 0.364. The summed E-state index contributed by atoms with van der Waals surface area (Å²) in [7, 11) is -4.17. The highest BCUT2D eigenvalue weighted by atomic mass is 35.5. The highest BCUT2D eigenvalue weighted by Gasteiger charge is 2.38. The number of piperazine rings is 1. The maximum Gasteiger partial charge on any atom is 0.323 e. The first-order valence-electron chi connectivity index (χ1n) is 5.74. The number of halogens is 2. The van der Waals surface area contributed by atoms with Gasteiger partial charge in [0.15, 0.2) is 0 Å². The summed E-state index contributed by atoms with van der Waals surface area (Å²) >= 11 is 5.79. The zero-order valence-electron chi connectivity index (χ0n) is 10.2. The van der Waals surface area contributed by atoms with Crippen LogP contribution in [0, 0.1) is 5.82 Å². The molecular formula is C11H12ClFN2O4S. The van der Waals surface area contributed by atoms with Gasteiger partial charge in [0.2, 0.25) is 10.0 Å². The van der Waals surface area contributed by atoms with E-state index in [2.05, 4.69) is 5.32 Å². The van der Waals surface area contributed by atoms with Crippen LogP contribution in [-0.2, 0) is 14.8 Å². The molecule has 0 aromatic heterocycles. The first-order valence-corrected chi connectivity index (χ1v) is 7.56. The summed E-state index contributed by atoms with van der Waals surface area (Å²) in [5.41, 5.74) is 0. The topological polar surface area (TPSA) is 86.7 Å². The van der Waals surface area contributed by atoms with Gasteiger partial charge in [0, 0.05) is 19.6 Å². The minimum Gasteiger partial charge on any atom is -0.480 e. The van der Waals surface area contributed by atoms with Crippen molar-refractivity contribution in [3.8, 4) is 0 Å². The third-order valence-electron chi connectivity index (χ3n) is 2.96. The minimum atomic E-state index is -4.17. The monoisotopic (exact) mass is 322 g/mol. The smallest absolute Gasteiger partial charge is 0.323 e. The molecule has 0 spiro atoms. The third kappa shape index (κ3) is 2.78. The quantitative estimate of drug-likeness (QED) is 0.847. The number of hydrogen-bond acceptors (Lipinski definition) is 4. The predicted molar refractivity (Wildman–Crippen MR) is 69.6 cm³/mol. The van der Waals surface area contributed by atoms with Crippen molar-refractivity contribution in [1.29, 1.82) is 0 Å². The maximum atomic E-state index is 13.2. The SMILES string of the molecule is O=C(O)C1CNCCN1S(=O)(=O)c1cc(F)ccc1Cl. The molecule has 1 fully saturated rings. The molecule has 1 saturated heterocycles. The van der Waals surface area contributed by atoms with E-state index in [1.54, 1.807) is 0 Å². The largest absolute Gasteiger partial charge is 0.480 e. The molecular weight excluding hydrogens is 311 g/mol. The van der Waals surface area contributed by atoms with E-state index in [4.69, 9.17) is 16.7 Å². The minimum absolute atomic E-state index is 0.0124. The Hall–Kier alpha value is -1.22. The van der Waals surface area contributed by atoms with Crippen LogP contribution in [0.5, 0.6) is 0 Å². The third-order valence-corrected chi connectivity index (χ3v) is 5.35. The number of nitrogens with zero attached hydrogens (tertiary/aromatic N) is 1. The first kappa shape index (κ1) is 15.2. The Labute approximate surface area is 120 Å². The van der Waals surface area contributed by atoms with Crippen LogP contribution >= 0.6 is 11.6 Å². The van der Waals surface area contributed by atoms with Crippen molar-refractivity contribution in [3.05, 3.63) is 29.0 Å². The summed E-state index contributed by atoms with van der Waals surface area (Å²) in [5.74, 6) is -2.02. The fourth-order valence-corrected chi connectivity index (χ4v) is 4.06. The van der Waals surface area contributed by atoms with Crippen molar-refractivity contribution >= 4 is 27.6 Å². The summed E-state index contributed by atoms with van der Waals surface area (Å²) in [6, 6.07) is 1.71. The zero-order chi connectivity index (χ0) is 14.9. The molecule has 2 N–H and O–H groups in total. The second-order valence-electron chi connectivity index (χ2n) is 4.25. The van der Waals surface area contributed by atoms with E-state index in [9.17, 15) is 17.6 Å². The first-order chi connectivity index (χ1) is 9.34. The van der Waals surface area contributed by atoms with E-state index in [1.807, 2.05) is 0 Å². The van der Waals surface area contributed by atoms with E-state index in [0.717, 1.165) is 22.5 Å². The number of rotatable bonds is 3. The van der Waals surface area contributed by atoms with Gasteiger partial charge in [-0.1, -0.05) is 11.6 Å². The Morgan fingerprint density at radius 1 is 1.50 bits per heavy atom. The van der Waals surface area contributed by atoms with Crippen LogP contribution in [-0.4, -0.2) is 49.5 Å². The van der Waals surface area contributed by atoms with Gasteiger partial charge in [0.25, 0.3) is 0 Å². The Bertz CT molecular complexity index is 637. The van der Waals surface area contributed by atoms with Crippen molar-refractivity contribution in [1.82, 2.24) is 9.62 Å². The lowest BCUT2D eigenvalue weighted by Crippen LogP contribution is -2.56. The summed E-state index contributed by atoms with van der Waals surface area (Å²) in [6.45, 7) is 0.281. The predicted octanol–water partition coefficient (Wildman–Crippen LogP) is 0.526. The maximum absolute atomic E-state index is 13.2. The second kappa shape index (κ2) is 5.65. The number of sulfonamides is 1. The molecule has 2 rings (SSSR count). The molecule has 1 unspecified atom stereocenters. The van der Waals surface area contributed by atoms with Gasteiger partial charge in [0.1, 0.15) is 16.8 Å². The summed E-state index contributed by atoms with van der Waals surface area (Å²) < 4.78 is 39.0. The van der Waals surface area contributed by atoms with E-state index >= 15 is 0 Å². The Morgan fingerprint density at radius 3 is 2.85 bits per heavy atom. The molecule has 9 heteroatoms. The van der Waals surface area contributed by atoms with Crippen LogP contribution in [0.1, 0.15) is 0 Å². The van der Waals surface area contributed by atoms with Crippen molar-refractivity contribution in [2.24, 2.45) is 0 Å².